The molecule has 2 heterocycles. The molecule has 1 N–H and O–H groups in total. The van der Waals surface area contributed by atoms with E-state index < -0.39 is 0 Å². The van der Waals surface area contributed by atoms with Crippen molar-refractivity contribution < 1.29 is 4.74 Å². The minimum absolute atomic E-state index is 0.734. The fraction of sp³-hybridized carbons (Fsp3) is 0.333. The molecule has 0 atom stereocenters. The Morgan fingerprint density at radius 1 is 1.33 bits per heavy atom. The normalized spacial score (nSPS) is 13.1. The van der Waals surface area contributed by atoms with Gasteiger partial charge in [-0.2, -0.15) is 11.8 Å². The van der Waals surface area contributed by atoms with Crippen molar-refractivity contribution in [2.45, 2.75) is 18.4 Å². The lowest BCUT2D eigenvalue weighted by Gasteiger charge is -2.12. The third kappa shape index (κ3) is 2.87. The van der Waals surface area contributed by atoms with Gasteiger partial charge in [-0.3, -0.25) is 0 Å². The van der Waals surface area contributed by atoms with Gasteiger partial charge in [-0.1, -0.05) is 15.9 Å². The van der Waals surface area contributed by atoms with Crippen LogP contribution < -0.4 is 10.1 Å². The average Bonchev–Trinajstić information content (AvgIpc) is 2.96. The Morgan fingerprint density at radius 3 is 2.95 bits per heavy atom. The first-order chi connectivity index (χ1) is 10.2. The first kappa shape index (κ1) is 14.7. The van der Waals surface area contributed by atoms with Gasteiger partial charge >= 0.3 is 0 Å². The van der Waals surface area contributed by atoms with E-state index >= 15 is 0 Å². The summed E-state index contributed by atoms with van der Waals surface area (Å²) in [4.78, 5) is 9.46. The molecule has 21 heavy (non-hydrogen) atoms. The molecule has 1 aromatic carbocycles. The second-order valence-corrected chi connectivity index (χ2v) is 6.53. The number of anilines is 1. The number of halogens is 1. The number of ether oxygens (including phenoxy) is 1. The highest BCUT2D eigenvalue weighted by Gasteiger charge is 2.21. The van der Waals surface area contributed by atoms with Crippen molar-refractivity contribution in [2.75, 3.05) is 19.0 Å². The summed E-state index contributed by atoms with van der Waals surface area (Å²) in [7, 11) is 1.66. The zero-order valence-corrected chi connectivity index (χ0v) is 14.3. The van der Waals surface area contributed by atoms with Crippen LogP contribution in [-0.2, 0) is 11.5 Å². The molecule has 0 aliphatic carbocycles. The average molecular weight is 366 g/mol. The van der Waals surface area contributed by atoms with Crippen LogP contribution in [0.15, 0.2) is 22.7 Å². The van der Waals surface area contributed by atoms with Gasteiger partial charge in [-0.15, -0.1) is 0 Å². The smallest absolute Gasteiger partial charge is 0.163 e. The van der Waals surface area contributed by atoms with Crippen LogP contribution in [0.1, 0.15) is 18.2 Å². The van der Waals surface area contributed by atoms with Crippen LogP contribution in [0.25, 0.3) is 11.4 Å². The maximum Gasteiger partial charge on any atom is 0.163 e. The number of hydrogen-bond donors (Lipinski definition) is 1. The van der Waals surface area contributed by atoms with Crippen LogP contribution in [0.4, 0.5) is 5.82 Å². The van der Waals surface area contributed by atoms with Crippen molar-refractivity contribution in [1.29, 1.82) is 0 Å². The van der Waals surface area contributed by atoms with Crippen molar-refractivity contribution in [3.05, 3.63) is 33.9 Å². The molecule has 0 saturated carbocycles. The molecule has 0 spiro atoms. The summed E-state index contributed by atoms with van der Waals surface area (Å²) in [5.41, 5.74) is 3.33. The van der Waals surface area contributed by atoms with Crippen LogP contribution in [0.3, 0.4) is 0 Å². The van der Waals surface area contributed by atoms with Gasteiger partial charge < -0.3 is 10.1 Å². The van der Waals surface area contributed by atoms with Gasteiger partial charge in [0.2, 0.25) is 0 Å². The van der Waals surface area contributed by atoms with E-state index in [2.05, 4.69) is 28.2 Å². The number of fused-ring (bicyclic) bond motifs is 1. The summed E-state index contributed by atoms with van der Waals surface area (Å²) >= 11 is 5.46. The molecule has 0 unspecified atom stereocenters. The van der Waals surface area contributed by atoms with E-state index in [-0.39, 0.29) is 0 Å². The first-order valence-electron chi connectivity index (χ1n) is 6.78. The predicted octanol–water partition coefficient (Wildman–Crippen LogP) is 4.09. The first-order valence-corrected chi connectivity index (χ1v) is 8.73. The summed E-state index contributed by atoms with van der Waals surface area (Å²) in [6.07, 6.45) is 0. The van der Waals surface area contributed by atoms with Gasteiger partial charge in [0, 0.05) is 33.7 Å². The highest BCUT2D eigenvalue weighted by atomic mass is 79.9. The third-order valence-electron chi connectivity index (χ3n) is 3.34. The number of benzene rings is 1. The summed E-state index contributed by atoms with van der Waals surface area (Å²) in [5, 5.41) is 3.36. The molecule has 0 radical (unpaired) electrons. The minimum atomic E-state index is 0.734. The number of hydrogen-bond acceptors (Lipinski definition) is 5. The second kappa shape index (κ2) is 6.23. The van der Waals surface area contributed by atoms with Gasteiger partial charge in [0.15, 0.2) is 5.82 Å². The Labute approximate surface area is 136 Å². The van der Waals surface area contributed by atoms with E-state index in [1.54, 1.807) is 7.11 Å². The largest absolute Gasteiger partial charge is 0.497 e. The van der Waals surface area contributed by atoms with Crippen molar-refractivity contribution in [1.82, 2.24) is 9.97 Å². The predicted molar refractivity (Wildman–Crippen MR) is 90.9 cm³/mol. The van der Waals surface area contributed by atoms with E-state index in [0.717, 1.165) is 51.2 Å². The van der Waals surface area contributed by atoms with Crippen LogP contribution in [0.2, 0.25) is 0 Å². The van der Waals surface area contributed by atoms with Crippen LogP contribution in [0.5, 0.6) is 5.75 Å². The van der Waals surface area contributed by atoms with E-state index in [0.29, 0.717) is 0 Å². The zero-order chi connectivity index (χ0) is 14.8. The number of rotatable bonds is 4. The molecule has 1 aromatic heterocycles. The van der Waals surface area contributed by atoms with Crippen molar-refractivity contribution in [3.63, 3.8) is 0 Å². The minimum Gasteiger partial charge on any atom is -0.497 e. The number of thioether (sulfide) groups is 1. The molecule has 1 aliphatic heterocycles. The number of methoxy groups -OCH3 is 1. The highest BCUT2D eigenvalue weighted by Crippen LogP contribution is 2.36. The molecule has 0 bridgehead atoms. The quantitative estimate of drug-likeness (QED) is 0.883. The molecule has 3 rings (SSSR count). The van der Waals surface area contributed by atoms with Crippen LogP contribution in [-0.4, -0.2) is 23.6 Å². The van der Waals surface area contributed by atoms with E-state index in [4.69, 9.17) is 14.7 Å². The topological polar surface area (TPSA) is 47.0 Å². The number of aromatic nitrogens is 2. The summed E-state index contributed by atoms with van der Waals surface area (Å²) in [5.74, 6) is 4.43. The molecular formula is C15H16BrN3OS. The van der Waals surface area contributed by atoms with Gasteiger partial charge in [-0.25, -0.2) is 9.97 Å². The maximum atomic E-state index is 5.31. The molecule has 4 nitrogen and oxygen atoms in total. The monoisotopic (exact) mass is 365 g/mol. The lowest BCUT2D eigenvalue weighted by atomic mass is 10.1. The molecule has 110 valence electrons. The third-order valence-corrected chi connectivity index (χ3v) is 5.00. The van der Waals surface area contributed by atoms with Crippen molar-refractivity contribution in [2.24, 2.45) is 0 Å². The van der Waals surface area contributed by atoms with Gasteiger partial charge in [0.05, 0.1) is 12.8 Å². The van der Waals surface area contributed by atoms with Gasteiger partial charge in [0.25, 0.3) is 0 Å². The summed E-state index contributed by atoms with van der Waals surface area (Å²) in [6.45, 7) is 2.94. The maximum absolute atomic E-state index is 5.31. The lowest BCUT2D eigenvalue weighted by molar-refractivity contribution is 0.415. The number of nitrogens with one attached hydrogen (secondary N) is 1. The Kier molecular flexibility index (Phi) is 4.35. The molecule has 0 amide bonds. The zero-order valence-electron chi connectivity index (χ0n) is 11.9. The van der Waals surface area contributed by atoms with Crippen molar-refractivity contribution >= 4 is 33.5 Å². The highest BCUT2D eigenvalue weighted by molar-refractivity contribution is 9.10. The second-order valence-electron chi connectivity index (χ2n) is 4.69. The van der Waals surface area contributed by atoms with E-state index in [9.17, 15) is 0 Å². The lowest BCUT2D eigenvalue weighted by Crippen LogP contribution is -2.06. The molecule has 6 heteroatoms. The van der Waals surface area contributed by atoms with E-state index in [1.165, 1.54) is 5.56 Å². The summed E-state index contributed by atoms with van der Waals surface area (Å²) in [6, 6.07) is 5.85. The standard InChI is InChI=1S/C15H16BrN3OS/c1-3-17-14-11-7-21-8-13(11)18-15(19-14)10-6-9(20-2)4-5-12(10)16/h4-6H,3,7-8H2,1-2H3,(H,17,18,19). The molecule has 1 aliphatic rings. The van der Waals surface area contributed by atoms with Gasteiger partial charge in [0.1, 0.15) is 11.6 Å². The Morgan fingerprint density at radius 2 is 2.19 bits per heavy atom. The SMILES string of the molecule is CCNc1nc(-c2cc(OC)ccc2Br)nc2c1CSC2. The van der Waals surface area contributed by atoms with Crippen molar-refractivity contribution in [3.8, 4) is 17.1 Å². The molecular weight excluding hydrogens is 350 g/mol. The fourth-order valence-corrected chi connectivity index (χ4v) is 3.75. The molecule has 2 aromatic rings. The number of nitrogens with zero attached hydrogens (tertiary/aromatic N) is 2. The molecule has 0 fully saturated rings. The van der Waals surface area contributed by atoms with Crippen LogP contribution in [0, 0.1) is 0 Å². The summed E-state index contributed by atoms with van der Waals surface area (Å²) < 4.78 is 6.27. The van der Waals surface area contributed by atoms with Crippen LogP contribution >= 0.6 is 27.7 Å². The Balaban J connectivity index is 2.12. The fourth-order valence-electron chi connectivity index (χ4n) is 2.29. The van der Waals surface area contributed by atoms with E-state index in [1.807, 2.05) is 30.0 Å². The van der Waals surface area contributed by atoms with Gasteiger partial charge in [-0.05, 0) is 25.1 Å². The Hall–Kier alpha value is -1.27. The molecule has 0 saturated heterocycles. The Bertz CT molecular complexity index is 678.